The second-order valence-electron chi connectivity index (χ2n) is 5.64. The fourth-order valence-electron chi connectivity index (χ4n) is 2.89. The van der Waals surface area contributed by atoms with Crippen LogP contribution in [0.25, 0.3) is 0 Å². The van der Waals surface area contributed by atoms with E-state index >= 15 is 0 Å². The maximum Gasteiger partial charge on any atom is 0.225 e. The zero-order valence-electron chi connectivity index (χ0n) is 12.9. The number of hydrogen-bond acceptors (Lipinski definition) is 3. The molecule has 0 bridgehead atoms. The van der Waals surface area contributed by atoms with Crippen molar-refractivity contribution in [3.63, 3.8) is 0 Å². The highest BCUT2D eigenvalue weighted by Crippen LogP contribution is 2.20. The molecule has 1 aromatic heterocycles. The summed E-state index contributed by atoms with van der Waals surface area (Å²) in [5.74, 6) is 0.122. The smallest absolute Gasteiger partial charge is 0.225 e. The molecule has 1 saturated heterocycles. The van der Waals surface area contributed by atoms with Gasteiger partial charge in [-0.3, -0.25) is 9.48 Å². The zero-order chi connectivity index (χ0) is 14.7. The molecule has 0 saturated carbocycles. The summed E-state index contributed by atoms with van der Waals surface area (Å²) in [6.07, 6.45) is 2.77. The number of amides is 1. The van der Waals surface area contributed by atoms with Crippen molar-refractivity contribution in [1.29, 1.82) is 0 Å². The lowest BCUT2D eigenvalue weighted by molar-refractivity contribution is -0.133. The maximum absolute atomic E-state index is 12.2. The molecular formula is C15H25N3O2. The second kappa shape index (κ2) is 6.39. The summed E-state index contributed by atoms with van der Waals surface area (Å²) in [5.41, 5.74) is 3.46. The third-order valence-corrected chi connectivity index (χ3v) is 4.28. The standard InChI is InChI=1S/C15H25N3O2/c1-10-13(11(2)18(4)17-10)7-8-16-15(19)14-6-5-9-20-12(14)3/h12,14H,5-9H2,1-4H3,(H,16,19). The highest BCUT2D eigenvalue weighted by atomic mass is 16.5. The Hall–Kier alpha value is -1.36. The van der Waals surface area contributed by atoms with E-state index in [2.05, 4.69) is 17.3 Å². The molecule has 112 valence electrons. The van der Waals surface area contributed by atoms with Gasteiger partial charge in [0.05, 0.1) is 17.7 Å². The van der Waals surface area contributed by atoms with E-state index in [9.17, 15) is 4.79 Å². The minimum Gasteiger partial charge on any atom is -0.378 e. The van der Waals surface area contributed by atoms with Crippen molar-refractivity contribution in [2.24, 2.45) is 13.0 Å². The van der Waals surface area contributed by atoms with E-state index in [1.807, 2.05) is 25.6 Å². The third-order valence-electron chi connectivity index (χ3n) is 4.28. The lowest BCUT2D eigenvalue weighted by Gasteiger charge is -2.28. The Balaban J connectivity index is 1.85. The highest BCUT2D eigenvalue weighted by Gasteiger charge is 2.28. The van der Waals surface area contributed by atoms with Crippen LogP contribution in [-0.4, -0.2) is 34.9 Å². The van der Waals surface area contributed by atoms with E-state index in [0.29, 0.717) is 6.54 Å². The van der Waals surface area contributed by atoms with Gasteiger partial charge >= 0.3 is 0 Å². The molecule has 1 N–H and O–H groups in total. The predicted molar refractivity (Wildman–Crippen MR) is 77.5 cm³/mol. The number of aryl methyl sites for hydroxylation is 2. The molecule has 2 heterocycles. The van der Waals surface area contributed by atoms with Gasteiger partial charge in [0, 0.05) is 25.9 Å². The molecule has 20 heavy (non-hydrogen) atoms. The Morgan fingerprint density at radius 3 is 2.85 bits per heavy atom. The number of nitrogens with one attached hydrogen (secondary N) is 1. The topological polar surface area (TPSA) is 56.2 Å². The molecule has 5 nitrogen and oxygen atoms in total. The molecule has 1 amide bonds. The van der Waals surface area contributed by atoms with Crippen molar-refractivity contribution in [3.8, 4) is 0 Å². The number of carbonyl (C=O) groups excluding carboxylic acids is 1. The minimum absolute atomic E-state index is 0.000146. The van der Waals surface area contributed by atoms with E-state index in [4.69, 9.17) is 4.74 Å². The largest absolute Gasteiger partial charge is 0.378 e. The zero-order valence-corrected chi connectivity index (χ0v) is 12.9. The van der Waals surface area contributed by atoms with Crippen molar-refractivity contribution < 1.29 is 9.53 Å². The molecule has 0 aliphatic carbocycles. The fraction of sp³-hybridized carbons (Fsp3) is 0.733. The SMILES string of the molecule is Cc1nn(C)c(C)c1CCNC(=O)C1CCCOC1C. The van der Waals surface area contributed by atoms with Crippen LogP contribution in [0.3, 0.4) is 0 Å². The minimum atomic E-state index is -0.000146. The van der Waals surface area contributed by atoms with Gasteiger partial charge in [-0.05, 0) is 45.6 Å². The van der Waals surface area contributed by atoms with Gasteiger partial charge in [0.25, 0.3) is 0 Å². The molecule has 2 rings (SSSR count). The second-order valence-corrected chi connectivity index (χ2v) is 5.64. The van der Waals surface area contributed by atoms with E-state index in [-0.39, 0.29) is 17.9 Å². The molecule has 0 radical (unpaired) electrons. The summed E-state index contributed by atoms with van der Waals surface area (Å²) < 4.78 is 7.44. The molecule has 1 aromatic rings. The van der Waals surface area contributed by atoms with Gasteiger partial charge in [0.1, 0.15) is 0 Å². The summed E-state index contributed by atoms with van der Waals surface area (Å²) in [5, 5.41) is 7.43. The lowest BCUT2D eigenvalue weighted by Crippen LogP contribution is -2.40. The molecular weight excluding hydrogens is 254 g/mol. The van der Waals surface area contributed by atoms with Gasteiger partial charge in [-0.25, -0.2) is 0 Å². The summed E-state index contributed by atoms with van der Waals surface area (Å²) >= 11 is 0. The summed E-state index contributed by atoms with van der Waals surface area (Å²) in [7, 11) is 1.95. The Bertz CT molecular complexity index is 482. The molecule has 5 heteroatoms. The first kappa shape index (κ1) is 15.0. The van der Waals surface area contributed by atoms with Crippen LogP contribution in [0.5, 0.6) is 0 Å². The fourth-order valence-corrected chi connectivity index (χ4v) is 2.89. The van der Waals surface area contributed by atoms with Gasteiger partial charge in [-0.2, -0.15) is 5.10 Å². The van der Waals surface area contributed by atoms with Gasteiger partial charge < -0.3 is 10.1 Å². The van der Waals surface area contributed by atoms with Crippen LogP contribution in [0.4, 0.5) is 0 Å². The Labute approximate surface area is 120 Å². The summed E-state index contributed by atoms with van der Waals surface area (Å²) in [4.78, 5) is 12.2. The van der Waals surface area contributed by atoms with Crippen molar-refractivity contribution >= 4 is 5.91 Å². The molecule has 1 aliphatic rings. The number of ether oxygens (including phenoxy) is 1. The lowest BCUT2D eigenvalue weighted by atomic mass is 9.94. The summed E-state index contributed by atoms with van der Waals surface area (Å²) in [6.45, 7) is 7.50. The van der Waals surface area contributed by atoms with Crippen molar-refractivity contribution in [2.45, 2.75) is 46.1 Å². The normalized spacial score (nSPS) is 22.8. The number of carbonyl (C=O) groups is 1. The van der Waals surface area contributed by atoms with Crippen LogP contribution in [-0.2, 0) is 23.0 Å². The highest BCUT2D eigenvalue weighted by molar-refractivity contribution is 5.79. The van der Waals surface area contributed by atoms with Gasteiger partial charge in [-0.1, -0.05) is 0 Å². The van der Waals surface area contributed by atoms with Crippen LogP contribution in [0, 0.1) is 19.8 Å². The predicted octanol–water partition coefficient (Wildman–Crippen LogP) is 1.51. The first-order valence-corrected chi connectivity index (χ1v) is 7.39. The quantitative estimate of drug-likeness (QED) is 0.909. The van der Waals surface area contributed by atoms with E-state index < -0.39 is 0 Å². The van der Waals surface area contributed by atoms with Crippen LogP contribution >= 0.6 is 0 Å². The van der Waals surface area contributed by atoms with Gasteiger partial charge in [0.15, 0.2) is 0 Å². The maximum atomic E-state index is 12.2. The Morgan fingerprint density at radius 1 is 1.50 bits per heavy atom. The average molecular weight is 279 g/mol. The number of nitrogens with zero attached hydrogens (tertiary/aromatic N) is 2. The monoisotopic (exact) mass is 279 g/mol. The van der Waals surface area contributed by atoms with Crippen molar-refractivity contribution in [2.75, 3.05) is 13.2 Å². The van der Waals surface area contributed by atoms with E-state index in [1.165, 1.54) is 11.3 Å². The number of hydrogen-bond donors (Lipinski definition) is 1. The molecule has 2 unspecified atom stereocenters. The van der Waals surface area contributed by atoms with Crippen molar-refractivity contribution in [1.82, 2.24) is 15.1 Å². The number of rotatable bonds is 4. The first-order chi connectivity index (χ1) is 9.50. The molecule has 0 aromatic carbocycles. The van der Waals surface area contributed by atoms with E-state index in [1.54, 1.807) is 0 Å². The van der Waals surface area contributed by atoms with Gasteiger partial charge in [0.2, 0.25) is 5.91 Å². The van der Waals surface area contributed by atoms with E-state index in [0.717, 1.165) is 31.6 Å². The third kappa shape index (κ3) is 3.20. The molecule has 1 aliphatic heterocycles. The van der Waals surface area contributed by atoms with Crippen LogP contribution < -0.4 is 5.32 Å². The first-order valence-electron chi connectivity index (χ1n) is 7.39. The van der Waals surface area contributed by atoms with Crippen LogP contribution in [0.1, 0.15) is 36.7 Å². The van der Waals surface area contributed by atoms with Crippen molar-refractivity contribution in [3.05, 3.63) is 17.0 Å². The molecule has 2 atom stereocenters. The van der Waals surface area contributed by atoms with Gasteiger partial charge in [-0.15, -0.1) is 0 Å². The Kier molecular flexibility index (Phi) is 4.81. The van der Waals surface area contributed by atoms with Crippen LogP contribution in [0.2, 0.25) is 0 Å². The summed E-state index contributed by atoms with van der Waals surface area (Å²) in [6, 6.07) is 0. The molecule has 1 fully saturated rings. The Morgan fingerprint density at radius 2 is 2.25 bits per heavy atom. The average Bonchev–Trinajstić information content (AvgIpc) is 2.65. The van der Waals surface area contributed by atoms with Crippen LogP contribution in [0.15, 0.2) is 0 Å². The molecule has 0 spiro atoms. The number of aromatic nitrogens is 2.